The fraction of sp³-hybridized carbons (Fsp3) is 0.200. The van der Waals surface area contributed by atoms with Crippen LogP contribution in [0, 0.1) is 0 Å². The molecule has 3 aromatic rings. The predicted molar refractivity (Wildman–Crippen MR) is 160 cm³/mol. The number of rotatable bonds is 13. The number of oxime groups is 1. The number of β-lactam (4-membered cyclic amide) rings is 1. The van der Waals surface area contributed by atoms with E-state index in [1.54, 1.807) is 11.6 Å². The van der Waals surface area contributed by atoms with Crippen LogP contribution >= 0.6 is 46.2 Å². The molecule has 4 heterocycles. The summed E-state index contributed by atoms with van der Waals surface area (Å²) in [5.74, 6) is -1.81. The number of aliphatic carboxylic acids is 1. The summed E-state index contributed by atoms with van der Waals surface area (Å²) in [4.78, 5) is 60.2. The molecule has 0 radical (unpaired) electrons. The number of carboxylic acid groups (broad SMARTS) is 1. The Morgan fingerprint density at radius 2 is 2.10 bits per heavy atom. The van der Waals surface area contributed by atoms with Crippen molar-refractivity contribution in [1.82, 2.24) is 25.4 Å². The van der Waals surface area contributed by atoms with Gasteiger partial charge in [0, 0.05) is 16.9 Å². The number of anilines is 1. The van der Waals surface area contributed by atoms with Crippen LogP contribution in [0.25, 0.3) is 6.08 Å². The molecule has 2 aliphatic rings. The van der Waals surface area contributed by atoms with E-state index >= 15 is 0 Å². The van der Waals surface area contributed by atoms with Crippen LogP contribution < -0.4 is 10.6 Å². The van der Waals surface area contributed by atoms with E-state index in [0.717, 1.165) is 16.9 Å². The van der Waals surface area contributed by atoms with E-state index < -0.39 is 29.2 Å². The maximum Gasteiger partial charge on any atom is 0.352 e. The predicted octanol–water partition coefficient (Wildman–Crippen LogP) is 2.53. The summed E-state index contributed by atoms with van der Waals surface area (Å²) in [7, 11) is 0. The maximum atomic E-state index is 13.3. The Hall–Kier alpha value is -4.06. The molecule has 0 spiro atoms. The molecule has 2 aliphatic heterocycles. The standard InChI is InChI=1S/C25H21N7O6S4/c33-12-26-24-28-16(11-40-24)17(31-38-8-4-7-14-5-2-1-3-6-14)20(34)29-18-21(35)32-19(23(36)37)15(9-39-22(18)32)10-41-25-30-27-13-42-25/h1-7,11-13,18,22H,8-10H2,(H,29,34)(H,36,37)(H,26,28,33)/t18?,22-/m0/s1. The van der Waals surface area contributed by atoms with Crippen molar-refractivity contribution in [3.8, 4) is 0 Å². The second-order valence-electron chi connectivity index (χ2n) is 8.46. The van der Waals surface area contributed by atoms with Gasteiger partial charge in [0.25, 0.3) is 11.8 Å². The van der Waals surface area contributed by atoms with Crippen molar-refractivity contribution in [1.29, 1.82) is 0 Å². The van der Waals surface area contributed by atoms with E-state index in [1.807, 2.05) is 36.4 Å². The van der Waals surface area contributed by atoms with Crippen LogP contribution in [0.15, 0.2) is 68.1 Å². The van der Waals surface area contributed by atoms with Crippen molar-refractivity contribution in [2.24, 2.45) is 5.16 Å². The first kappa shape index (κ1) is 29.4. The van der Waals surface area contributed by atoms with E-state index in [1.165, 1.54) is 45.1 Å². The van der Waals surface area contributed by atoms with Crippen molar-refractivity contribution >= 4 is 87.3 Å². The van der Waals surface area contributed by atoms with Gasteiger partial charge in [-0.25, -0.2) is 9.78 Å². The summed E-state index contributed by atoms with van der Waals surface area (Å²) in [5.41, 5.74) is 2.98. The third-order valence-corrected chi connectivity index (χ3v) is 9.89. The van der Waals surface area contributed by atoms with Gasteiger partial charge in [0.05, 0.1) is 0 Å². The smallest absolute Gasteiger partial charge is 0.352 e. The van der Waals surface area contributed by atoms with Gasteiger partial charge >= 0.3 is 5.97 Å². The average Bonchev–Trinajstić information content (AvgIpc) is 3.69. The molecule has 0 bridgehead atoms. The van der Waals surface area contributed by atoms with Crippen LogP contribution in [-0.2, 0) is 24.0 Å². The lowest BCUT2D eigenvalue weighted by atomic mass is 10.0. The third-order valence-electron chi connectivity index (χ3n) is 5.83. The largest absolute Gasteiger partial charge is 0.477 e. The van der Waals surface area contributed by atoms with Crippen molar-refractivity contribution in [2.45, 2.75) is 15.8 Å². The highest BCUT2D eigenvalue weighted by Gasteiger charge is 2.54. The summed E-state index contributed by atoms with van der Waals surface area (Å²) in [5, 5.41) is 27.8. The number of carbonyl (C=O) groups excluding carboxylic acids is 3. The molecule has 17 heteroatoms. The van der Waals surface area contributed by atoms with Crippen molar-refractivity contribution in [3.63, 3.8) is 0 Å². The molecule has 1 aromatic carbocycles. The summed E-state index contributed by atoms with van der Waals surface area (Å²) < 4.78 is 0.692. The molecule has 2 atom stereocenters. The first-order chi connectivity index (χ1) is 20.5. The summed E-state index contributed by atoms with van der Waals surface area (Å²) in [6.07, 6.45) is 4.02. The van der Waals surface area contributed by atoms with Gasteiger partial charge in [-0.3, -0.25) is 19.3 Å². The third kappa shape index (κ3) is 6.70. The first-order valence-corrected chi connectivity index (χ1v) is 15.9. The van der Waals surface area contributed by atoms with Crippen LogP contribution in [0.3, 0.4) is 0 Å². The molecule has 42 heavy (non-hydrogen) atoms. The van der Waals surface area contributed by atoms with Crippen molar-refractivity contribution in [2.75, 3.05) is 23.4 Å². The molecule has 0 aliphatic carbocycles. The second-order valence-corrected chi connectivity index (χ2v) is 12.5. The molecular weight excluding hydrogens is 623 g/mol. The maximum absolute atomic E-state index is 13.3. The minimum atomic E-state index is -1.22. The van der Waals surface area contributed by atoms with Gasteiger partial charge in [-0.05, 0) is 17.2 Å². The molecule has 1 unspecified atom stereocenters. The van der Waals surface area contributed by atoms with Crippen molar-refractivity contribution < 1.29 is 29.1 Å². The number of thiazole rings is 1. The number of aromatic nitrogens is 3. The Bertz CT molecular complexity index is 1560. The van der Waals surface area contributed by atoms with E-state index in [4.69, 9.17) is 4.84 Å². The highest BCUT2D eigenvalue weighted by atomic mass is 32.2. The summed E-state index contributed by atoms with van der Waals surface area (Å²) >= 11 is 5.12. The number of carboxylic acids is 1. The fourth-order valence-corrected chi connectivity index (χ4v) is 7.60. The molecule has 1 fully saturated rings. The van der Waals surface area contributed by atoms with Gasteiger partial charge in [0.1, 0.15) is 34.9 Å². The number of hydrogen-bond acceptors (Lipinski definition) is 13. The number of fused-ring (bicyclic) bond motifs is 1. The zero-order valence-electron chi connectivity index (χ0n) is 21.4. The number of hydrogen-bond donors (Lipinski definition) is 3. The van der Waals surface area contributed by atoms with E-state index in [9.17, 15) is 24.3 Å². The molecule has 216 valence electrons. The lowest BCUT2D eigenvalue weighted by Gasteiger charge is -2.49. The first-order valence-electron chi connectivity index (χ1n) is 12.1. The van der Waals surface area contributed by atoms with Crippen LogP contribution in [0.1, 0.15) is 11.3 Å². The lowest BCUT2D eigenvalue weighted by molar-refractivity contribution is -0.150. The number of carbonyl (C=O) groups is 4. The Balaban J connectivity index is 1.28. The average molecular weight is 644 g/mol. The molecule has 5 rings (SSSR count). The fourth-order valence-electron chi connectivity index (χ4n) is 3.98. The Morgan fingerprint density at radius 3 is 2.83 bits per heavy atom. The van der Waals surface area contributed by atoms with Crippen LogP contribution in [-0.4, -0.2) is 84.6 Å². The SMILES string of the molecule is O=CNc1nc(C(=NOCC=Cc2ccccc2)C(=O)NC2C(=O)N3C(C(=O)O)=C(CSc4nncs4)CS[C@@H]23)cs1. The van der Waals surface area contributed by atoms with Crippen LogP contribution in [0.5, 0.6) is 0 Å². The zero-order chi connectivity index (χ0) is 29.5. The molecular formula is C25H21N7O6S4. The molecule has 3 amide bonds. The van der Waals surface area contributed by atoms with Crippen LogP contribution in [0.2, 0.25) is 0 Å². The topological polar surface area (TPSA) is 176 Å². The van der Waals surface area contributed by atoms with Gasteiger partial charge in [0.15, 0.2) is 15.2 Å². The van der Waals surface area contributed by atoms with Gasteiger partial charge in [-0.2, -0.15) is 0 Å². The molecule has 0 saturated carbocycles. The van der Waals surface area contributed by atoms with Gasteiger partial charge in [-0.15, -0.1) is 33.3 Å². The van der Waals surface area contributed by atoms with Crippen molar-refractivity contribution in [3.05, 3.63) is 69.8 Å². The minimum Gasteiger partial charge on any atom is -0.477 e. The Kier molecular flexibility index (Phi) is 9.63. The van der Waals surface area contributed by atoms with Gasteiger partial charge in [-0.1, -0.05) is 64.7 Å². The zero-order valence-corrected chi connectivity index (χ0v) is 24.7. The summed E-state index contributed by atoms with van der Waals surface area (Å²) in [6.45, 7) is 0.0501. The number of nitrogens with one attached hydrogen (secondary N) is 2. The number of nitrogens with zero attached hydrogens (tertiary/aromatic N) is 5. The number of amides is 3. The quantitative estimate of drug-likeness (QED) is 0.0623. The monoisotopic (exact) mass is 643 g/mol. The number of thioether (sulfide) groups is 2. The second kappa shape index (κ2) is 13.7. The normalized spacial score (nSPS) is 18.4. The van der Waals surface area contributed by atoms with E-state index in [2.05, 4.69) is 31.0 Å². The van der Waals surface area contributed by atoms with E-state index in [0.29, 0.717) is 27.8 Å². The highest BCUT2D eigenvalue weighted by molar-refractivity contribution is 8.01. The highest BCUT2D eigenvalue weighted by Crippen LogP contribution is 2.41. The van der Waals surface area contributed by atoms with Gasteiger partial charge < -0.3 is 20.6 Å². The van der Waals surface area contributed by atoms with E-state index in [-0.39, 0.29) is 28.8 Å². The van der Waals surface area contributed by atoms with Crippen LogP contribution in [0.4, 0.5) is 5.13 Å². The minimum absolute atomic E-state index is 0.0501. The molecule has 2 aromatic heterocycles. The molecule has 1 saturated heterocycles. The lowest BCUT2D eigenvalue weighted by Crippen LogP contribution is -2.71. The number of benzene rings is 1. The Labute approximate surface area is 255 Å². The molecule has 13 nitrogen and oxygen atoms in total. The molecule has 3 N–H and O–H groups in total. The Morgan fingerprint density at radius 1 is 1.26 bits per heavy atom. The van der Waals surface area contributed by atoms with Gasteiger partial charge in [0.2, 0.25) is 6.41 Å². The summed E-state index contributed by atoms with van der Waals surface area (Å²) in [6, 6.07) is 8.56.